The molecule has 3 N–H and O–H groups in total. The number of nitrogens with one attached hydrogen (secondary N) is 2. The highest BCUT2D eigenvalue weighted by Crippen LogP contribution is 2.19. The molecule has 0 saturated carbocycles. The van der Waals surface area contributed by atoms with Crippen molar-refractivity contribution in [1.82, 2.24) is 5.32 Å². The van der Waals surface area contributed by atoms with Gasteiger partial charge in [0, 0.05) is 17.3 Å². The van der Waals surface area contributed by atoms with Gasteiger partial charge < -0.3 is 15.2 Å². The molecule has 1 unspecified atom stereocenters. The predicted molar refractivity (Wildman–Crippen MR) is 123 cm³/mol. The molecule has 0 saturated heterocycles. The zero-order valence-corrected chi connectivity index (χ0v) is 18.4. The Hall–Kier alpha value is -2.58. The van der Waals surface area contributed by atoms with Crippen LogP contribution in [0.1, 0.15) is 5.56 Å². The van der Waals surface area contributed by atoms with Crippen LogP contribution < -0.4 is 14.8 Å². The van der Waals surface area contributed by atoms with Gasteiger partial charge in [-0.3, -0.25) is 4.72 Å². The minimum absolute atomic E-state index is 0.153. The minimum Gasteiger partial charge on any atom is -0.491 e. The van der Waals surface area contributed by atoms with Crippen molar-refractivity contribution in [3.8, 4) is 5.75 Å². The average molecular weight is 461 g/mol. The summed E-state index contributed by atoms with van der Waals surface area (Å²) in [5, 5.41) is 13.7. The molecule has 3 aromatic rings. The molecule has 6 nitrogen and oxygen atoms in total. The lowest BCUT2D eigenvalue weighted by Gasteiger charge is -2.13. The molecule has 0 radical (unpaired) electrons. The van der Waals surface area contributed by atoms with E-state index in [9.17, 15) is 13.5 Å². The van der Waals surface area contributed by atoms with Crippen LogP contribution in [-0.4, -0.2) is 39.3 Å². The average Bonchev–Trinajstić information content (AvgIpc) is 2.77. The van der Waals surface area contributed by atoms with E-state index in [1.807, 2.05) is 42.5 Å². The first-order valence-corrected chi connectivity index (χ1v) is 11.7. The second kappa shape index (κ2) is 11.2. The summed E-state index contributed by atoms with van der Waals surface area (Å²) in [5.74, 6) is 0.730. The largest absolute Gasteiger partial charge is 0.491 e. The maximum Gasteiger partial charge on any atom is 0.261 e. The number of ether oxygens (including phenoxy) is 1. The van der Waals surface area contributed by atoms with Crippen LogP contribution in [0.4, 0.5) is 5.69 Å². The fraction of sp³-hybridized carbons (Fsp3) is 0.217. The summed E-state index contributed by atoms with van der Waals surface area (Å²) in [7, 11) is -3.66. The molecular formula is C23H25ClN2O4S. The Morgan fingerprint density at radius 2 is 1.61 bits per heavy atom. The number of halogens is 1. The van der Waals surface area contributed by atoms with Gasteiger partial charge in [0.2, 0.25) is 0 Å². The van der Waals surface area contributed by atoms with Crippen LogP contribution in [0, 0.1) is 0 Å². The molecule has 0 aliphatic rings. The first-order valence-electron chi connectivity index (χ1n) is 9.86. The van der Waals surface area contributed by atoms with Crippen LogP contribution in [0.3, 0.4) is 0 Å². The molecule has 31 heavy (non-hydrogen) atoms. The smallest absolute Gasteiger partial charge is 0.261 e. The SMILES string of the molecule is O=S(=O)(Nc1ccc(CCNCC(O)COc2ccccc2)cc1)c1ccc(Cl)cc1. The molecule has 0 amide bonds. The third-order valence-electron chi connectivity index (χ3n) is 4.49. The van der Waals surface area contributed by atoms with Gasteiger partial charge in [-0.05, 0) is 67.1 Å². The van der Waals surface area contributed by atoms with Gasteiger partial charge >= 0.3 is 0 Å². The van der Waals surface area contributed by atoms with Gasteiger partial charge in [0.25, 0.3) is 10.0 Å². The summed E-state index contributed by atoms with van der Waals surface area (Å²) in [6, 6.07) is 22.6. The topological polar surface area (TPSA) is 87.7 Å². The van der Waals surface area contributed by atoms with Crippen molar-refractivity contribution >= 4 is 27.3 Å². The van der Waals surface area contributed by atoms with E-state index in [0.717, 1.165) is 17.7 Å². The van der Waals surface area contributed by atoms with Gasteiger partial charge in [0.1, 0.15) is 18.5 Å². The highest BCUT2D eigenvalue weighted by molar-refractivity contribution is 7.92. The summed E-state index contributed by atoms with van der Waals surface area (Å²) in [6.45, 7) is 1.32. The number of hydrogen-bond acceptors (Lipinski definition) is 5. The van der Waals surface area contributed by atoms with E-state index in [0.29, 0.717) is 23.8 Å². The maximum atomic E-state index is 12.4. The fourth-order valence-corrected chi connectivity index (χ4v) is 4.02. The molecule has 0 aliphatic heterocycles. The Morgan fingerprint density at radius 1 is 0.935 bits per heavy atom. The van der Waals surface area contributed by atoms with E-state index >= 15 is 0 Å². The van der Waals surface area contributed by atoms with Gasteiger partial charge in [0.05, 0.1) is 4.90 Å². The molecule has 0 bridgehead atoms. The van der Waals surface area contributed by atoms with Crippen LogP contribution in [0.2, 0.25) is 5.02 Å². The Kier molecular flexibility index (Phi) is 8.31. The van der Waals surface area contributed by atoms with E-state index in [2.05, 4.69) is 10.0 Å². The zero-order valence-electron chi connectivity index (χ0n) is 16.9. The van der Waals surface area contributed by atoms with Crippen molar-refractivity contribution < 1.29 is 18.3 Å². The van der Waals surface area contributed by atoms with Gasteiger partial charge in [-0.15, -0.1) is 0 Å². The van der Waals surface area contributed by atoms with E-state index in [1.54, 1.807) is 12.1 Å². The molecule has 1 atom stereocenters. The molecule has 0 fully saturated rings. The van der Waals surface area contributed by atoms with Crippen LogP contribution >= 0.6 is 11.6 Å². The van der Waals surface area contributed by atoms with Crippen molar-refractivity contribution in [2.45, 2.75) is 17.4 Å². The quantitative estimate of drug-likeness (QED) is 0.380. The number of aliphatic hydroxyl groups excluding tert-OH is 1. The van der Waals surface area contributed by atoms with Crippen LogP contribution in [0.15, 0.2) is 83.8 Å². The van der Waals surface area contributed by atoms with Crippen LogP contribution in [-0.2, 0) is 16.4 Å². The Bertz CT molecular complexity index is 1040. The second-order valence-corrected chi connectivity index (χ2v) is 9.11. The van der Waals surface area contributed by atoms with Crippen LogP contribution in [0.25, 0.3) is 0 Å². The third-order valence-corrected chi connectivity index (χ3v) is 6.14. The van der Waals surface area contributed by atoms with Crippen molar-refractivity contribution in [3.05, 3.63) is 89.4 Å². The van der Waals surface area contributed by atoms with Crippen molar-refractivity contribution in [2.24, 2.45) is 0 Å². The van der Waals surface area contributed by atoms with Gasteiger partial charge in [0.15, 0.2) is 0 Å². The fourth-order valence-electron chi connectivity index (χ4n) is 2.84. The number of rotatable bonds is 11. The highest BCUT2D eigenvalue weighted by Gasteiger charge is 2.13. The number of para-hydroxylation sites is 1. The lowest BCUT2D eigenvalue weighted by molar-refractivity contribution is 0.106. The van der Waals surface area contributed by atoms with Gasteiger partial charge in [-0.25, -0.2) is 8.42 Å². The number of aliphatic hydroxyl groups is 1. The van der Waals surface area contributed by atoms with E-state index in [-0.39, 0.29) is 11.5 Å². The molecule has 0 heterocycles. The number of hydrogen-bond donors (Lipinski definition) is 3. The Balaban J connectivity index is 1.39. The van der Waals surface area contributed by atoms with E-state index in [1.165, 1.54) is 24.3 Å². The molecule has 164 valence electrons. The van der Waals surface area contributed by atoms with Crippen molar-refractivity contribution in [3.63, 3.8) is 0 Å². The molecule has 3 rings (SSSR count). The molecule has 8 heteroatoms. The standard InChI is InChI=1S/C23H25ClN2O4S/c24-19-8-12-23(13-9-19)31(28,29)26-20-10-6-18(7-11-20)14-15-25-16-21(27)17-30-22-4-2-1-3-5-22/h1-13,21,25-27H,14-17H2. The van der Waals surface area contributed by atoms with Gasteiger partial charge in [-0.1, -0.05) is 41.9 Å². The Morgan fingerprint density at radius 3 is 2.29 bits per heavy atom. The minimum atomic E-state index is -3.66. The summed E-state index contributed by atoms with van der Waals surface area (Å²) < 4.78 is 32.9. The number of benzene rings is 3. The van der Waals surface area contributed by atoms with E-state index in [4.69, 9.17) is 16.3 Å². The van der Waals surface area contributed by atoms with Crippen molar-refractivity contribution in [2.75, 3.05) is 24.4 Å². The molecule has 0 spiro atoms. The maximum absolute atomic E-state index is 12.4. The summed E-state index contributed by atoms with van der Waals surface area (Å²) in [5.41, 5.74) is 1.54. The molecule has 0 aromatic heterocycles. The molecular weight excluding hydrogens is 436 g/mol. The summed E-state index contributed by atoms with van der Waals surface area (Å²) >= 11 is 5.81. The number of sulfonamides is 1. The monoisotopic (exact) mass is 460 g/mol. The second-order valence-electron chi connectivity index (χ2n) is 6.99. The van der Waals surface area contributed by atoms with Crippen molar-refractivity contribution in [1.29, 1.82) is 0 Å². The van der Waals surface area contributed by atoms with Crippen LogP contribution in [0.5, 0.6) is 5.75 Å². The normalized spacial score (nSPS) is 12.3. The Labute approximate surface area is 187 Å². The first-order chi connectivity index (χ1) is 14.9. The summed E-state index contributed by atoms with van der Waals surface area (Å²) in [6.07, 6.45) is 0.140. The third kappa shape index (κ3) is 7.56. The van der Waals surface area contributed by atoms with Gasteiger partial charge in [-0.2, -0.15) is 0 Å². The molecule has 3 aromatic carbocycles. The lowest BCUT2D eigenvalue weighted by atomic mass is 10.1. The summed E-state index contributed by atoms with van der Waals surface area (Å²) in [4.78, 5) is 0.153. The highest BCUT2D eigenvalue weighted by atomic mass is 35.5. The first kappa shape index (κ1) is 23.1. The molecule has 0 aliphatic carbocycles. The number of anilines is 1. The zero-order chi connectivity index (χ0) is 22.1. The van der Waals surface area contributed by atoms with E-state index < -0.39 is 16.1 Å². The predicted octanol–water partition coefficient (Wildman–Crippen LogP) is 3.71. The lowest BCUT2D eigenvalue weighted by Crippen LogP contribution is -2.32.